The molecule has 0 saturated carbocycles. The minimum atomic E-state index is -4.09. The predicted molar refractivity (Wildman–Crippen MR) is 68.3 cm³/mol. The number of nitrogens with one attached hydrogen (secondary N) is 1. The molecule has 0 amide bonds. The van der Waals surface area contributed by atoms with Crippen molar-refractivity contribution in [2.24, 2.45) is 0 Å². The zero-order chi connectivity index (χ0) is 14.8. The molecule has 1 N–H and O–H groups in total. The standard InChI is InChI=1S/C13H8F2N2O2S/c14-10-4-5-12(15)13(7-10)17-20(18,19)11-3-1-2-9(6-11)8-16/h1-7,17H. The quantitative estimate of drug-likeness (QED) is 0.946. The first-order chi connectivity index (χ1) is 9.42. The first-order valence-electron chi connectivity index (χ1n) is 5.40. The molecule has 2 aromatic carbocycles. The Kier molecular flexibility index (Phi) is 3.68. The molecule has 0 bridgehead atoms. The van der Waals surface area contributed by atoms with Crippen molar-refractivity contribution in [3.05, 3.63) is 59.7 Å². The number of anilines is 1. The summed E-state index contributed by atoms with van der Waals surface area (Å²) in [6, 6.07) is 9.44. The SMILES string of the molecule is N#Cc1cccc(S(=O)(=O)Nc2cc(F)ccc2F)c1. The molecule has 0 fully saturated rings. The number of sulfonamides is 1. The molecule has 20 heavy (non-hydrogen) atoms. The van der Waals surface area contributed by atoms with Crippen molar-refractivity contribution in [2.75, 3.05) is 4.72 Å². The highest BCUT2D eigenvalue weighted by Gasteiger charge is 2.17. The van der Waals surface area contributed by atoms with Crippen LogP contribution >= 0.6 is 0 Å². The second-order valence-corrected chi connectivity index (χ2v) is 5.55. The molecule has 0 saturated heterocycles. The van der Waals surface area contributed by atoms with Gasteiger partial charge in [-0.05, 0) is 30.3 Å². The summed E-state index contributed by atoms with van der Waals surface area (Å²) < 4.78 is 52.4. The Morgan fingerprint density at radius 3 is 2.55 bits per heavy atom. The molecule has 2 rings (SSSR count). The van der Waals surface area contributed by atoms with Crippen LogP contribution in [0.4, 0.5) is 14.5 Å². The fourth-order valence-electron chi connectivity index (χ4n) is 1.51. The molecule has 0 aliphatic heterocycles. The second kappa shape index (κ2) is 5.27. The summed E-state index contributed by atoms with van der Waals surface area (Å²) in [6.07, 6.45) is 0. The van der Waals surface area contributed by atoms with Crippen molar-refractivity contribution < 1.29 is 17.2 Å². The Balaban J connectivity index is 2.41. The molecule has 0 aliphatic carbocycles. The van der Waals surface area contributed by atoms with Gasteiger partial charge in [-0.3, -0.25) is 4.72 Å². The van der Waals surface area contributed by atoms with Gasteiger partial charge in [0.1, 0.15) is 11.6 Å². The van der Waals surface area contributed by atoms with E-state index in [1.54, 1.807) is 6.07 Å². The van der Waals surface area contributed by atoms with Crippen LogP contribution in [0.1, 0.15) is 5.56 Å². The van der Waals surface area contributed by atoms with Crippen molar-refractivity contribution in [3.8, 4) is 6.07 Å². The molecular formula is C13H8F2N2O2S. The lowest BCUT2D eigenvalue weighted by molar-refractivity contribution is 0.594. The monoisotopic (exact) mass is 294 g/mol. The van der Waals surface area contributed by atoms with E-state index in [4.69, 9.17) is 5.26 Å². The van der Waals surface area contributed by atoms with E-state index in [-0.39, 0.29) is 10.5 Å². The average molecular weight is 294 g/mol. The van der Waals surface area contributed by atoms with E-state index in [9.17, 15) is 17.2 Å². The molecule has 7 heteroatoms. The number of hydrogen-bond donors (Lipinski definition) is 1. The number of hydrogen-bond acceptors (Lipinski definition) is 3. The van der Waals surface area contributed by atoms with Crippen molar-refractivity contribution in [1.29, 1.82) is 5.26 Å². The van der Waals surface area contributed by atoms with Crippen molar-refractivity contribution in [2.45, 2.75) is 4.90 Å². The predicted octanol–water partition coefficient (Wildman–Crippen LogP) is 2.64. The van der Waals surface area contributed by atoms with Crippen LogP contribution in [0.25, 0.3) is 0 Å². The summed E-state index contributed by atoms with van der Waals surface area (Å²) in [7, 11) is -4.09. The highest BCUT2D eigenvalue weighted by atomic mass is 32.2. The highest BCUT2D eigenvalue weighted by Crippen LogP contribution is 2.20. The molecule has 0 aromatic heterocycles. The van der Waals surface area contributed by atoms with E-state index >= 15 is 0 Å². The zero-order valence-corrected chi connectivity index (χ0v) is 10.8. The van der Waals surface area contributed by atoms with Gasteiger partial charge in [-0.2, -0.15) is 5.26 Å². The van der Waals surface area contributed by atoms with Crippen LogP contribution in [0.3, 0.4) is 0 Å². The van der Waals surface area contributed by atoms with E-state index in [0.29, 0.717) is 0 Å². The van der Waals surface area contributed by atoms with Crippen molar-refractivity contribution >= 4 is 15.7 Å². The van der Waals surface area contributed by atoms with Crippen LogP contribution in [-0.4, -0.2) is 8.42 Å². The van der Waals surface area contributed by atoms with Crippen molar-refractivity contribution in [3.63, 3.8) is 0 Å². The van der Waals surface area contributed by atoms with Gasteiger partial charge in [0.05, 0.1) is 22.2 Å². The molecule has 0 aliphatic rings. The molecule has 0 atom stereocenters. The lowest BCUT2D eigenvalue weighted by Crippen LogP contribution is -2.14. The minimum Gasteiger partial charge on any atom is -0.277 e. The Hall–Kier alpha value is -2.46. The fraction of sp³-hybridized carbons (Fsp3) is 0. The molecule has 4 nitrogen and oxygen atoms in total. The van der Waals surface area contributed by atoms with Gasteiger partial charge in [-0.25, -0.2) is 17.2 Å². The fourth-order valence-corrected chi connectivity index (χ4v) is 2.62. The molecular weight excluding hydrogens is 286 g/mol. The molecule has 2 aromatic rings. The Morgan fingerprint density at radius 2 is 1.85 bits per heavy atom. The van der Waals surface area contributed by atoms with Crippen LogP contribution in [0.2, 0.25) is 0 Å². The van der Waals surface area contributed by atoms with Gasteiger partial charge in [-0.1, -0.05) is 6.07 Å². The van der Waals surface area contributed by atoms with Crippen LogP contribution in [-0.2, 0) is 10.0 Å². The second-order valence-electron chi connectivity index (χ2n) is 3.87. The van der Waals surface area contributed by atoms with Crippen LogP contribution in [0.15, 0.2) is 47.4 Å². The summed E-state index contributed by atoms with van der Waals surface area (Å²) in [5.41, 5.74) is -0.347. The summed E-state index contributed by atoms with van der Waals surface area (Å²) in [6.45, 7) is 0. The third-order valence-electron chi connectivity index (χ3n) is 2.45. The van der Waals surface area contributed by atoms with Gasteiger partial charge in [-0.15, -0.1) is 0 Å². The average Bonchev–Trinajstić information content (AvgIpc) is 2.43. The van der Waals surface area contributed by atoms with Crippen LogP contribution in [0, 0.1) is 23.0 Å². The highest BCUT2D eigenvalue weighted by molar-refractivity contribution is 7.92. The third-order valence-corrected chi connectivity index (χ3v) is 3.81. The van der Waals surface area contributed by atoms with Gasteiger partial charge < -0.3 is 0 Å². The maximum absolute atomic E-state index is 13.4. The first kappa shape index (κ1) is 14.0. The summed E-state index contributed by atoms with van der Waals surface area (Å²) in [5, 5.41) is 8.72. The minimum absolute atomic E-state index is 0.146. The zero-order valence-electron chi connectivity index (χ0n) is 9.97. The van der Waals surface area contributed by atoms with Gasteiger partial charge in [0.2, 0.25) is 0 Å². The summed E-state index contributed by atoms with van der Waals surface area (Å²) in [5.74, 6) is -1.67. The summed E-state index contributed by atoms with van der Waals surface area (Å²) >= 11 is 0. The van der Waals surface area contributed by atoms with Gasteiger partial charge in [0, 0.05) is 6.07 Å². The van der Waals surface area contributed by atoms with E-state index < -0.39 is 27.3 Å². The Labute approximate surface area is 114 Å². The summed E-state index contributed by atoms with van der Waals surface area (Å²) in [4.78, 5) is -0.208. The van der Waals surface area contributed by atoms with Crippen molar-refractivity contribution in [1.82, 2.24) is 0 Å². The molecule has 0 heterocycles. The number of nitrogens with zero attached hydrogens (tertiary/aromatic N) is 1. The largest absolute Gasteiger partial charge is 0.277 e. The van der Waals surface area contributed by atoms with Gasteiger partial charge >= 0.3 is 0 Å². The van der Waals surface area contributed by atoms with Gasteiger partial charge in [0.15, 0.2) is 0 Å². The Morgan fingerprint density at radius 1 is 1.10 bits per heavy atom. The first-order valence-corrected chi connectivity index (χ1v) is 6.89. The topological polar surface area (TPSA) is 70.0 Å². The maximum atomic E-state index is 13.4. The van der Waals surface area contributed by atoms with Crippen LogP contribution in [0.5, 0.6) is 0 Å². The third kappa shape index (κ3) is 2.92. The smallest absolute Gasteiger partial charge is 0.262 e. The number of benzene rings is 2. The lowest BCUT2D eigenvalue weighted by atomic mass is 10.2. The lowest BCUT2D eigenvalue weighted by Gasteiger charge is -2.09. The normalized spacial score (nSPS) is 10.8. The van der Waals surface area contributed by atoms with E-state index in [1.807, 2.05) is 4.72 Å². The number of nitriles is 1. The van der Waals surface area contributed by atoms with E-state index in [2.05, 4.69) is 0 Å². The maximum Gasteiger partial charge on any atom is 0.262 e. The van der Waals surface area contributed by atoms with E-state index in [1.165, 1.54) is 18.2 Å². The molecule has 0 radical (unpaired) electrons. The number of rotatable bonds is 3. The Bertz CT molecular complexity index is 798. The molecule has 102 valence electrons. The molecule has 0 spiro atoms. The van der Waals surface area contributed by atoms with E-state index in [0.717, 1.165) is 24.3 Å². The number of halogens is 2. The molecule has 0 unspecified atom stereocenters. The van der Waals surface area contributed by atoms with Crippen LogP contribution < -0.4 is 4.72 Å². The van der Waals surface area contributed by atoms with Gasteiger partial charge in [0.25, 0.3) is 10.0 Å².